The predicted molar refractivity (Wildman–Crippen MR) is 121 cm³/mol. The molecule has 0 fully saturated rings. The Balaban J connectivity index is 1.42. The Kier molecular flexibility index (Phi) is 6.58. The lowest BCUT2D eigenvalue weighted by molar-refractivity contribution is -0.140. The van der Waals surface area contributed by atoms with Crippen molar-refractivity contribution in [1.82, 2.24) is 15.6 Å². The normalized spacial score (nSPS) is 13.9. The van der Waals surface area contributed by atoms with Gasteiger partial charge >= 0.3 is 12.1 Å². The van der Waals surface area contributed by atoms with Crippen molar-refractivity contribution in [3.8, 4) is 11.1 Å². The number of hydrogen-bond acceptors (Lipinski definition) is 7. The molecule has 0 aliphatic heterocycles. The molecule has 1 aromatic heterocycles. The maximum Gasteiger partial charge on any atom is 0.412 e. The average Bonchev–Trinajstić information content (AvgIpc) is 3.43. The van der Waals surface area contributed by atoms with Gasteiger partial charge in [-0.25, -0.2) is 14.2 Å². The minimum Gasteiger partial charge on any atom is -0.480 e. The number of carboxylic acid groups (broad SMARTS) is 1. The molecule has 10 nitrogen and oxygen atoms in total. The predicted octanol–water partition coefficient (Wildman–Crippen LogP) is 3.66. The van der Waals surface area contributed by atoms with Crippen molar-refractivity contribution < 1.29 is 28.9 Å². The number of ether oxygens (including phenoxy) is 1. The summed E-state index contributed by atoms with van der Waals surface area (Å²) in [5.74, 6) is -2.72. The maximum absolute atomic E-state index is 12.6. The molecule has 2 unspecified atom stereocenters. The maximum atomic E-state index is 12.6. The van der Waals surface area contributed by atoms with Crippen LogP contribution >= 0.6 is 0 Å². The SMILES string of the molecule is CCC(C)C(NC(=O)c1nonc1NC(=O)OCC1c2ccccc2-c2ccccc21)C(=O)O. The summed E-state index contributed by atoms with van der Waals surface area (Å²) < 4.78 is 10.0. The molecule has 176 valence electrons. The third-order valence-electron chi connectivity index (χ3n) is 6.03. The van der Waals surface area contributed by atoms with E-state index in [4.69, 9.17) is 4.74 Å². The fourth-order valence-electron chi connectivity index (χ4n) is 4.04. The number of carboxylic acids is 1. The number of hydrogen-bond donors (Lipinski definition) is 3. The van der Waals surface area contributed by atoms with Gasteiger partial charge < -0.3 is 15.2 Å². The van der Waals surface area contributed by atoms with E-state index in [9.17, 15) is 19.5 Å². The van der Waals surface area contributed by atoms with Gasteiger partial charge in [0.2, 0.25) is 11.5 Å². The van der Waals surface area contributed by atoms with Crippen LogP contribution in [0.5, 0.6) is 0 Å². The second-order valence-electron chi connectivity index (χ2n) is 8.09. The molecule has 0 saturated carbocycles. The topological polar surface area (TPSA) is 144 Å². The van der Waals surface area contributed by atoms with Crippen molar-refractivity contribution in [1.29, 1.82) is 0 Å². The van der Waals surface area contributed by atoms with Crippen LogP contribution in [0.1, 0.15) is 47.8 Å². The van der Waals surface area contributed by atoms with Crippen molar-refractivity contribution in [2.45, 2.75) is 32.2 Å². The first-order valence-corrected chi connectivity index (χ1v) is 10.9. The number of fused-ring (bicyclic) bond motifs is 3. The van der Waals surface area contributed by atoms with Crippen LogP contribution in [-0.4, -0.2) is 46.0 Å². The van der Waals surface area contributed by atoms with Crippen LogP contribution in [0, 0.1) is 5.92 Å². The van der Waals surface area contributed by atoms with Crippen LogP contribution in [0.3, 0.4) is 0 Å². The van der Waals surface area contributed by atoms with E-state index in [1.807, 2.05) is 55.5 Å². The number of nitrogens with one attached hydrogen (secondary N) is 2. The fraction of sp³-hybridized carbons (Fsp3) is 0.292. The molecular weight excluding hydrogens is 440 g/mol. The summed E-state index contributed by atoms with van der Waals surface area (Å²) in [6.07, 6.45) is -0.303. The molecule has 1 heterocycles. The highest BCUT2D eigenvalue weighted by Gasteiger charge is 2.31. The summed E-state index contributed by atoms with van der Waals surface area (Å²) in [6, 6.07) is 14.7. The summed E-state index contributed by atoms with van der Waals surface area (Å²) in [5.41, 5.74) is 3.97. The molecule has 34 heavy (non-hydrogen) atoms. The van der Waals surface area contributed by atoms with E-state index in [0.29, 0.717) is 6.42 Å². The number of aliphatic carboxylic acids is 1. The van der Waals surface area contributed by atoms with Gasteiger partial charge in [-0.1, -0.05) is 68.8 Å². The number of carbonyl (C=O) groups excluding carboxylic acids is 2. The zero-order chi connectivity index (χ0) is 24.2. The lowest BCUT2D eigenvalue weighted by Gasteiger charge is -2.19. The van der Waals surface area contributed by atoms with E-state index < -0.39 is 24.0 Å². The summed E-state index contributed by atoms with van der Waals surface area (Å²) in [6.45, 7) is 3.59. The van der Waals surface area contributed by atoms with Crippen molar-refractivity contribution >= 4 is 23.8 Å². The van der Waals surface area contributed by atoms with Gasteiger partial charge in [0.1, 0.15) is 12.6 Å². The van der Waals surface area contributed by atoms with Crippen LogP contribution in [0.15, 0.2) is 53.2 Å². The van der Waals surface area contributed by atoms with Crippen LogP contribution in [0.4, 0.5) is 10.6 Å². The third kappa shape index (κ3) is 4.47. The number of anilines is 1. The number of benzene rings is 2. The second kappa shape index (κ2) is 9.74. The Hall–Kier alpha value is -4.21. The van der Waals surface area contributed by atoms with E-state index in [0.717, 1.165) is 22.3 Å². The highest BCUT2D eigenvalue weighted by molar-refractivity contribution is 6.01. The molecule has 4 rings (SSSR count). The molecule has 2 amide bonds. The molecule has 0 spiro atoms. The van der Waals surface area contributed by atoms with Crippen LogP contribution in [-0.2, 0) is 9.53 Å². The number of rotatable bonds is 8. The zero-order valence-corrected chi connectivity index (χ0v) is 18.6. The Bertz CT molecular complexity index is 1180. The summed E-state index contributed by atoms with van der Waals surface area (Å²) >= 11 is 0. The van der Waals surface area contributed by atoms with Gasteiger partial charge in [-0.15, -0.1) is 0 Å². The van der Waals surface area contributed by atoms with E-state index >= 15 is 0 Å². The molecule has 1 aliphatic carbocycles. The van der Waals surface area contributed by atoms with E-state index in [1.165, 1.54) is 0 Å². The van der Waals surface area contributed by atoms with Gasteiger partial charge in [0.05, 0.1) is 0 Å². The number of nitrogens with zero attached hydrogens (tertiary/aromatic N) is 2. The Morgan fingerprint density at radius 3 is 2.26 bits per heavy atom. The Morgan fingerprint density at radius 2 is 1.68 bits per heavy atom. The van der Waals surface area contributed by atoms with Crippen LogP contribution in [0.2, 0.25) is 0 Å². The second-order valence-corrected chi connectivity index (χ2v) is 8.09. The van der Waals surface area contributed by atoms with Gasteiger partial charge in [-0.2, -0.15) is 0 Å². The molecule has 3 aromatic rings. The minimum atomic E-state index is -1.18. The van der Waals surface area contributed by atoms with Gasteiger partial charge in [0, 0.05) is 5.92 Å². The highest BCUT2D eigenvalue weighted by atomic mass is 16.6. The van der Waals surface area contributed by atoms with Gasteiger partial charge in [0.25, 0.3) is 5.91 Å². The number of amides is 2. The molecule has 0 saturated heterocycles. The summed E-state index contributed by atoms with van der Waals surface area (Å²) in [4.78, 5) is 36.5. The molecular formula is C24H24N4O6. The highest BCUT2D eigenvalue weighted by Crippen LogP contribution is 2.44. The smallest absolute Gasteiger partial charge is 0.412 e. The largest absolute Gasteiger partial charge is 0.480 e. The van der Waals surface area contributed by atoms with Gasteiger partial charge in [-0.05, 0) is 38.5 Å². The fourth-order valence-corrected chi connectivity index (χ4v) is 4.04. The zero-order valence-electron chi connectivity index (χ0n) is 18.6. The minimum absolute atomic E-state index is 0.0712. The standard InChI is InChI=1S/C24H24N4O6/c1-3-13(2)19(23(30)31)25-22(29)20-21(28-34-27-20)26-24(32)33-12-18-16-10-6-4-8-14(16)15-9-5-7-11-17(15)18/h4-11,13,18-19H,3,12H2,1-2H3,(H,25,29)(H,30,31)(H,26,28,32). The van der Waals surface area contributed by atoms with Crippen molar-refractivity contribution in [2.24, 2.45) is 5.92 Å². The van der Waals surface area contributed by atoms with Crippen molar-refractivity contribution in [2.75, 3.05) is 11.9 Å². The first-order chi connectivity index (χ1) is 16.4. The lowest BCUT2D eigenvalue weighted by Crippen LogP contribution is -2.45. The van der Waals surface area contributed by atoms with E-state index in [1.54, 1.807) is 6.92 Å². The van der Waals surface area contributed by atoms with Gasteiger partial charge in [-0.3, -0.25) is 10.1 Å². The molecule has 10 heteroatoms. The van der Waals surface area contributed by atoms with Crippen molar-refractivity contribution in [3.63, 3.8) is 0 Å². The summed E-state index contributed by atoms with van der Waals surface area (Å²) in [7, 11) is 0. The van der Waals surface area contributed by atoms with E-state index in [-0.39, 0.29) is 30.0 Å². The average molecular weight is 464 g/mol. The molecule has 0 radical (unpaired) electrons. The number of aromatic nitrogens is 2. The van der Waals surface area contributed by atoms with Crippen LogP contribution in [0.25, 0.3) is 11.1 Å². The molecule has 1 aliphatic rings. The third-order valence-corrected chi connectivity index (χ3v) is 6.03. The van der Waals surface area contributed by atoms with Crippen LogP contribution < -0.4 is 10.6 Å². The quantitative estimate of drug-likeness (QED) is 0.458. The first kappa shape index (κ1) is 23.0. The number of carbonyl (C=O) groups is 3. The first-order valence-electron chi connectivity index (χ1n) is 10.9. The molecule has 0 bridgehead atoms. The monoisotopic (exact) mass is 464 g/mol. The van der Waals surface area contributed by atoms with E-state index in [2.05, 4.69) is 25.6 Å². The Morgan fingerprint density at radius 1 is 1.06 bits per heavy atom. The molecule has 2 atom stereocenters. The summed E-state index contributed by atoms with van der Waals surface area (Å²) in [5, 5.41) is 21.2. The molecule has 3 N–H and O–H groups in total. The van der Waals surface area contributed by atoms with Crippen molar-refractivity contribution in [3.05, 3.63) is 65.4 Å². The lowest BCUT2D eigenvalue weighted by atomic mass is 9.98. The van der Waals surface area contributed by atoms with Gasteiger partial charge in [0.15, 0.2) is 0 Å². The molecule has 2 aromatic carbocycles. The Labute approximate surface area is 195 Å².